The lowest BCUT2D eigenvalue weighted by Crippen LogP contribution is -2.15. The summed E-state index contributed by atoms with van der Waals surface area (Å²) in [6.07, 6.45) is 0.490. The fraction of sp³-hybridized carbons (Fsp3) is 0.421. The molecule has 0 saturated carbocycles. The fourth-order valence-electron chi connectivity index (χ4n) is 2.65. The molecule has 1 N–H and O–H groups in total. The van der Waals surface area contributed by atoms with E-state index in [2.05, 4.69) is 25.7 Å². The predicted molar refractivity (Wildman–Crippen MR) is 116 cm³/mol. The molecule has 3 aromatic rings. The lowest BCUT2D eigenvalue weighted by atomic mass is 10.3. The van der Waals surface area contributed by atoms with Gasteiger partial charge in [-0.15, -0.1) is 20.4 Å². The molecule has 9 nitrogen and oxygen atoms in total. The van der Waals surface area contributed by atoms with Crippen LogP contribution in [0.3, 0.4) is 0 Å². The van der Waals surface area contributed by atoms with Crippen LogP contribution in [-0.2, 0) is 17.8 Å². The largest absolute Gasteiger partial charge is 0.497 e. The number of nitrogens with zero attached hydrogens (tertiary/aromatic N) is 5. The molecule has 0 radical (unpaired) electrons. The Bertz CT molecular complexity index is 973. The molecular weight excluding hydrogens is 424 g/mol. The predicted octanol–water partition coefficient (Wildman–Crippen LogP) is 3.59. The Labute approximate surface area is 183 Å². The molecule has 1 amide bonds. The van der Waals surface area contributed by atoms with Crippen molar-refractivity contribution in [2.24, 2.45) is 0 Å². The summed E-state index contributed by atoms with van der Waals surface area (Å²) in [5.41, 5.74) is 0. The molecule has 0 spiro atoms. The Morgan fingerprint density at radius 1 is 1.17 bits per heavy atom. The van der Waals surface area contributed by atoms with Crippen molar-refractivity contribution in [1.29, 1.82) is 0 Å². The maximum atomic E-state index is 12.2. The molecule has 11 heteroatoms. The molecule has 0 aliphatic heterocycles. The Balaban J connectivity index is 1.60. The second-order valence-electron chi connectivity index (χ2n) is 6.21. The molecule has 160 valence electrons. The van der Waals surface area contributed by atoms with Crippen LogP contribution < -0.4 is 14.8 Å². The SMILES string of the molecule is CCc1nnc(NC(=O)CSc2nnc(C(C)Oc3ccc(OC)cc3)n2CC)s1. The lowest BCUT2D eigenvalue weighted by Gasteiger charge is -2.15. The smallest absolute Gasteiger partial charge is 0.236 e. The number of carbonyl (C=O) groups excluding carboxylic acids is 1. The number of thioether (sulfide) groups is 1. The van der Waals surface area contributed by atoms with E-state index in [1.807, 2.05) is 49.6 Å². The van der Waals surface area contributed by atoms with Gasteiger partial charge < -0.3 is 14.0 Å². The Kier molecular flexibility index (Phi) is 7.63. The first kappa shape index (κ1) is 22.0. The van der Waals surface area contributed by atoms with E-state index >= 15 is 0 Å². The van der Waals surface area contributed by atoms with Gasteiger partial charge in [-0.3, -0.25) is 10.1 Å². The van der Waals surface area contributed by atoms with E-state index in [1.165, 1.54) is 23.1 Å². The van der Waals surface area contributed by atoms with E-state index in [-0.39, 0.29) is 17.8 Å². The van der Waals surface area contributed by atoms with Crippen LogP contribution in [-0.4, -0.2) is 43.7 Å². The zero-order valence-electron chi connectivity index (χ0n) is 17.3. The average Bonchev–Trinajstić information content (AvgIpc) is 3.39. The minimum absolute atomic E-state index is 0.159. The van der Waals surface area contributed by atoms with Gasteiger partial charge in [0, 0.05) is 6.54 Å². The van der Waals surface area contributed by atoms with Gasteiger partial charge >= 0.3 is 0 Å². The van der Waals surface area contributed by atoms with Crippen LogP contribution in [0.2, 0.25) is 0 Å². The summed E-state index contributed by atoms with van der Waals surface area (Å²) in [6.45, 7) is 6.59. The van der Waals surface area contributed by atoms with Crippen molar-refractivity contribution in [3.8, 4) is 11.5 Å². The van der Waals surface area contributed by atoms with Crippen LogP contribution in [0.1, 0.15) is 37.7 Å². The van der Waals surface area contributed by atoms with Gasteiger partial charge in [0.1, 0.15) is 16.5 Å². The first-order valence-electron chi connectivity index (χ1n) is 9.52. The molecule has 2 aromatic heterocycles. The summed E-state index contributed by atoms with van der Waals surface area (Å²) >= 11 is 2.70. The summed E-state index contributed by atoms with van der Waals surface area (Å²) in [5, 5.41) is 21.3. The average molecular weight is 449 g/mol. The van der Waals surface area contributed by atoms with Crippen molar-refractivity contribution < 1.29 is 14.3 Å². The molecule has 1 atom stereocenters. The number of carbonyl (C=O) groups is 1. The first-order valence-corrected chi connectivity index (χ1v) is 11.3. The highest BCUT2D eigenvalue weighted by Crippen LogP contribution is 2.26. The molecule has 30 heavy (non-hydrogen) atoms. The van der Waals surface area contributed by atoms with Gasteiger partial charge in [0.05, 0.1) is 12.9 Å². The first-order chi connectivity index (χ1) is 14.5. The zero-order chi connectivity index (χ0) is 21.5. The van der Waals surface area contributed by atoms with E-state index in [0.29, 0.717) is 28.4 Å². The second kappa shape index (κ2) is 10.4. The minimum Gasteiger partial charge on any atom is -0.497 e. The summed E-state index contributed by atoms with van der Waals surface area (Å²) in [5.74, 6) is 2.23. The minimum atomic E-state index is -0.303. The van der Waals surface area contributed by atoms with Gasteiger partial charge in [-0.05, 0) is 44.5 Å². The maximum Gasteiger partial charge on any atom is 0.236 e. The van der Waals surface area contributed by atoms with Gasteiger partial charge in [0.15, 0.2) is 17.1 Å². The summed E-state index contributed by atoms with van der Waals surface area (Å²) in [7, 11) is 1.62. The van der Waals surface area contributed by atoms with Gasteiger partial charge in [-0.2, -0.15) is 0 Å². The number of anilines is 1. The van der Waals surface area contributed by atoms with Crippen LogP contribution >= 0.6 is 23.1 Å². The van der Waals surface area contributed by atoms with Gasteiger partial charge in [0.2, 0.25) is 11.0 Å². The highest BCUT2D eigenvalue weighted by Gasteiger charge is 2.20. The normalized spacial score (nSPS) is 11.9. The van der Waals surface area contributed by atoms with E-state index < -0.39 is 0 Å². The molecule has 3 rings (SSSR count). The zero-order valence-corrected chi connectivity index (χ0v) is 18.9. The molecule has 1 aromatic carbocycles. The molecule has 0 bridgehead atoms. The highest BCUT2D eigenvalue weighted by molar-refractivity contribution is 7.99. The van der Waals surface area contributed by atoms with Crippen molar-refractivity contribution in [3.63, 3.8) is 0 Å². The maximum absolute atomic E-state index is 12.2. The Morgan fingerprint density at radius 2 is 1.90 bits per heavy atom. The molecular formula is C19H24N6O3S2. The highest BCUT2D eigenvalue weighted by atomic mass is 32.2. The monoisotopic (exact) mass is 448 g/mol. The number of rotatable bonds is 10. The number of amides is 1. The molecule has 0 fully saturated rings. The van der Waals surface area contributed by atoms with Gasteiger partial charge in [-0.25, -0.2) is 0 Å². The summed E-state index contributed by atoms with van der Waals surface area (Å²) in [6, 6.07) is 7.38. The molecule has 0 aliphatic rings. The number of hydrogen-bond donors (Lipinski definition) is 1. The summed E-state index contributed by atoms with van der Waals surface area (Å²) in [4.78, 5) is 12.2. The van der Waals surface area contributed by atoms with Gasteiger partial charge in [0.25, 0.3) is 0 Å². The molecule has 1 unspecified atom stereocenters. The number of aromatic nitrogens is 5. The van der Waals surface area contributed by atoms with Crippen molar-refractivity contribution in [3.05, 3.63) is 35.1 Å². The molecule has 2 heterocycles. The van der Waals surface area contributed by atoms with Crippen LogP contribution in [0, 0.1) is 0 Å². The van der Waals surface area contributed by atoms with E-state index in [9.17, 15) is 4.79 Å². The third-order valence-corrected chi connectivity index (χ3v) is 6.10. The summed E-state index contributed by atoms with van der Waals surface area (Å²) < 4.78 is 13.1. The number of hydrogen-bond acceptors (Lipinski definition) is 9. The Hall–Kier alpha value is -2.66. The van der Waals surface area contributed by atoms with Crippen molar-refractivity contribution in [2.45, 2.75) is 45.0 Å². The third-order valence-electron chi connectivity index (χ3n) is 4.15. The number of ether oxygens (including phenoxy) is 2. The van der Waals surface area contributed by atoms with Gasteiger partial charge in [-0.1, -0.05) is 30.0 Å². The van der Waals surface area contributed by atoms with E-state index in [1.54, 1.807) is 7.11 Å². The second-order valence-corrected chi connectivity index (χ2v) is 8.22. The quantitative estimate of drug-likeness (QED) is 0.469. The van der Waals surface area contributed by atoms with E-state index in [0.717, 1.165) is 17.2 Å². The van der Waals surface area contributed by atoms with Crippen molar-refractivity contribution in [2.75, 3.05) is 18.2 Å². The van der Waals surface area contributed by atoms with Crippen molar-refractivity contribution >= 4 is 34.1 Å². The Morgan fingerprint density at radius 3 is 2.53 bits per heavy atom. The van der Waals surface area contributed by atoms with Crippen LogP contribution in [0.5, 0.6) is 11.5 Å². The number of nitrogens with one attached hydrogen (secondary N) is 1. The number of benzene rings is 1. The lowest BCUT2D eigenvalue weighted by molar-refractivity contribution is -0.113. The van der Waals surface area contributed by atoms with E-state index in [4.69, 9.17) is 9.47 Å². The van der Waals surface area contributed by atoms with Crippen molar-refractivity contribution in [1.82, 2.24) is 25.0 Å². The molecule has 0 saturated heterocycles. The molecule has 0 aliphatic carbocycles. The van der Waals surface area contributed by atoms with Crippen LogP contribution in [0.25, 0.3) is 0 Å². The fourth-order valence-corrected chi connectivity index (χ4v) is 4.15. The number of methoxy groups -OCH3 is 1. The number of aryl methyl sites for hydroxylation is 1. The topological polar surface area (TPSA) is 104 Å². The third kappa shape index (κ3) is 5.48. The van der Waals surface area contributed by atoms with Crippen LogP contribution in [0.4, 0.5) is 5.13 Å². The standard InChI is InChI=1S/C19H24N6O3S2/c1-5-16-21-23-18(30-16)20-15(26)11-29-19-24-22-17(25(19)6-2)12(3)28-14-9-7-13(27-4)8-10-14/h7-10,12H,5-6,11H2,1-4H3,(H,20,23,26). The van der Waals surface area contributed by atoms with Crippen LogP contribution in [0.15, 0.2) is 29.4 Å².